The second-order valence-corrected chi connectivity index (χ2v) is 3.35. The zero-order valence-electron chi connectivity index (χ0n) is 10.6. The van der Waals surface area contributed by atoms with Crippen molar-refractivity contribution in [2.75, 3.05) is 12.4 Å². The van der Waals surface area contributed by atoms with Gasteiger partial charge in [0.05, 0.1) is 0 Å². The minimum atomic E-state index is 0.290. The van der Waals surface area contributed by atoms with Gasteiger partial charge in [-0.15, -0.1) is 0 Å². The summed E-state index contributed by atoms with van der Waals surface area (Å²) in [6, 6.07) is 15.3. The highest BCUT2D eigenvalue weighted by molar-refractivity contribution is 5.78. The van der Waals surface area contributed by atoms with Crippen molar-refractivity contribution >= 4 is 5.69 Å². The summed E-state index contributed by atoms with van der Waals surface area (Å²) < 4.78 is 0. The Balaban J connectivity index is 0.000000686. The lowest BCUT2D eigenvalue weighted by Gasteiger charge is -2.08. The summed E-state index contributed by atoms with van der Waals surface area (Å²) in [6.45, 7) is 4.00. The largest absolute Gasteiger partial charge is 0.508 e. The Morgan fingerprint density at radius 1 is 0.941 bits per heavy atom. The number of phenolic OH excluding ortho intramolecular Hbond substituents is 1. The van der Waals surface area contributed by atoms with E-state index in [1.165, 1.54) is 0 Å². The first-order valence-electron chi connectivity index (χ1n) is 5.87. The van der Waals surface area contributed by atoms with Crippen molar-refractivity contribution in [2.45, 2.75) is 13.8 Å². The zero-order valence-corrected chi connectivity index (χ0v) is 10.6. The number of phenols is 1. The van der Waals surface area contributed by atoms with Crippen LogP contribution in [0.15, 0.2) is 48.5 Å². The van der Waals surface area contributed by atoms with E-state index < -0.39 is 0 Å². The van der Waals surface area contributed by atoms with Gasteiger partial charge in [0.1, 0.15) is 5.75 Å². The highest BCUT2D eigenvalue weighted by atomic mass is 16.3. The molecule has 0 bridgehead atoms. The lowest BCUT2D eigenvalue weighted by molar-refractivity contribution is 0.475. The Bertz CT molecular complexity index is 466. The molecule has 2 nitrogen and oxygen atoms in total. The SMILES string of the molecule is CC.CNc1ccccc1-c1cccc(O)c1. The standard InChI is InChI=1S/C13H13NO.C2H6/c1-14-13-8-3-2-7-12(13)10-5-4-6-11(15)9-10;1-2/h2-9,14-15H,1H3;1-2H3. The molecule has 0 radical (unpaired) electrons. The first-order valence-corrected chi connectivity index (χ1v) is 5.87. The molecule has 0 saturated heterocycles. The molecule has 90 valence electrons. The smallest absolute Gasteiger partial charge is 0.116 e. The maximum atomic E-state index is 9.42. The number of para-hydroxylation sites is 1. The molecule has 0 fully saturated rings. The average molecular weight is 229 g/mol. The Hall–Kier alpha value is -1.96. The van der Waals surface area contributed by atoms with Crippen molar-refractivity contribution in [2.24, 2.45) is 0 Å². The van der Waals surface area contributed by atoms with E-state index in [1.54, 1.807) is 12.1 Å². The van der Waals surface area contributed by atoms with E-state index in [1.807, 2.05) is 57.3 Å². The molecule has 2 heteroatoms. The van der Waals surface area contributed by atoms with Crippen LogP contribution in [0.2, 0.25) is 0 Å². The first kappa shape index (κ1) is 13.1. The topological polar surface area (TPSA) is 32.3 Å². The highest BCUT2D eigenvalue weighted by Crippen LogP contribution is 2.29. The molecular weight excluding hydrogens is 210 g/mol. The van der Waals surface area contributed by atoms with Gasteiger partial charge in [-0.05, 0) is 23.8 Å². The molecule has 0 atom stereocenters. The van der Waals surface area contributed by atoms with E-state index in [0.717, 1.165) is 16.8 Å². The molecule has 2 rings (SSSR count). The minimum Gasteiger partial charge on any atom is -0.508 e. The average Bonchev–Trinajstić information content (AvgIpc) is 2.41. The van der Waals surface area contributed by atoms with Crippen LogP contribution in [0, 0.1) is 0 Å². The summed E-state index contributed by atoms with van der Waals surface area (Å²) in [6.07, 6.45) is 0. The summed E-state index contributed by atoms with van der Waals surface area (Å²) in [5, 5.41) is 12.5. The van der Waals surface area contributed by atoms with E-state index in [4.69, 9.17) is 0 Å². The molecular formula is C15H19NO. The van der Waals surface area contributed by atoms with Gasteiger partial charge >= 0.3 is 0 Å². The zero-order chi connectivity index (χ0) is 12.7. The van der Waals surface area contributed by atoms with Crippen molar-refractivity contribution in [3.8, 4) is 16.9 Å². The summed E-state index contributed by atoms with van der Waals surface area (Å²) in [5.74, 6) is 0.290. The lowest BCUT2D eigenvalue weighted by atomic mass is 10.0. The number of hydrogen-bond donors (Lipinski definition) is 2. The molecule has 0 aliphatic carbocycles. The van der Waals surface area contributed by atoms with Crippen LogP contribution >= 0.6 is 0 Å². The monoisotopic (exact) mass is 229 g/mol. The molecule has 0 heterocycles. The molecule has 2 N–H and O–H groups in total. The van der Waals surface area contributed by atoms with Crippen LogP contribution in [0.1, 0.15) is 13.8 Å². The Morgan fingerprint density at radius 3 is 2.29 bits per heavy atom. The van der Waals surface area contributed by atoms with Crippen molar-refractivity contribution < 1.29 is 5.11 Å². The third-order valence-corrected chi connectivity index (χ3v) is 2.35. The predicted octanol–water partition coefficient (Wildman–Crippen LogP) is 4.13. The molecule has 0 amide bonds. The number of nitrogens with one attached hydrogen (secondary N) is 1. The molecule has 0 saturated carbocycles. The van der Waals surface area contributed by atoms with Gasteiger partial charge in [-0.3, -0.25) is 0 Å². The van der Waals surface area contributed by atoms with Gasteiger partial charge in [-0.25, -0.2) is 0 Å². The lowest BCUT2D eigenvalue weighted by Crippen LogP contribution is -1.90. The van der Waals surface area contributed by atoms with Gasteiger partial charge in [0, 0.05) is 18.3 Å². The van der Waals surface area contributed by atoms with Gasteiger partial charge in [0.15, 0.2) is 0 Å². The molecule has 2 aromatic carbocycles. The fourth-order valence-corrected chi connectivity index (χ4v) is 1.63. The molecule has 0 aliphatic heterocycles. The number of aromatic hydroxyl groups is 1. The second kappa shape index (κ2) is 6.59. The minimum absolute atomic E-state index is 0.290. The molecule has 2 aromatic rings. The van der Waals surface area contributed by atoms with Crippen LogP contribution in [0.25, 0.3) is 11.1 Å². The van der Waals surface area contributed by atoms with E-state index >= 15 is 0 Å². The first-order chi connectivity index (χ1) is 8.31. The number of benzene rings is 2. The molecule has 0 aromatic heterocycles. The predicted molar refractivity (Wildman–Crippen MR) is 74.4 cm³/mol. The van der Waals surface area contributed by atoms with Crippen LogP contribution in [0.5, 0.6) is 5.75 Å². The molecule has 0 aliphatic rings. The van der Waals surface area contributed by atoms with E-state index in [-0.39, 0.29) is 0 Å². The summed E-state index contributed by atoms with van der Waals surface area (Å²) in [5.41, 5.74) is 3.17. The van der Waals surface area contributed by atoms with Crippen molar-refractivity contribution in [1.82, 2.24) is 0 Å². The maximum Gasteiger partial charge on any atom is 0.116 e. The molecule has 0 unspecified atom stereocenters. The second-order valence-electron chi connectivity index (χ2n) is 3.35. The van der Waals surface area contributed by atoms with Crippen LogP contribution in [-0.4, -0.2) is 12.2 Å². The van der Waals surface area contributed by atoms with Crippen LogP contribution < -0.4 is 5.32 Å². The number of rotatable bonds is 2. The highest BCUT2D eigenvalue weighted by Gasteiger charge is 2.02. The Morgan fingerprint density at radius 2 is 1.65 bits per heavy atom. The van der Waals surface area contributed by atoms with Crippen LogP contribution in [0.4, 0.5) is 5.69 Å². The third kappa shape index (κ3) is 3.25. The van der Waals surface area contributed by atoms with Gasteiger partial charge in [0.2, 0.25) is 0 Å². The van der Waals surface area contributed by atoms with Gasteiger partial charge in [-0.2, -0.15) is 0 Å². The fourth-order valence-electron chi connectivity index (χ4n) is 1.63. The van der Waals surface area contributed by atoms with Crippen molar-refractivity contribution in [3.63, 3.8) is 0 Å². The van der Waals surface area contributed by atoms with E-state index in [2.05, 4.69) is 5.32 Å². The Labute approximate surface area is 103 Å². The fraction of sp³-hybridized carbons (Fsp3) is 0.200. The quantitative estimate of drug-likeness (QED) is 0.811. The van der Waals surface area contributed by atoms with Crippen LogP contribution in [-0.2, 0) is 0 Å². The number of hydrogen-bond acceptors (Lipinski definition) is 2. The summed E-state index contributed by atoms with van der Waals surface area (Å²) in [4.78, 5) is 0. The normalized spacial score (nSPS) is 9.12. The van der Waals surface area contributed by atoms with E-state index in [0.29, 0.717) is 5.75 Å². The molecule has 17 heavy (non-hydrogen) atoms. The molecule has 0 spiro atoms. The van der Waals surface area contributed by atoms with Gasteiger partial charge < -0.3 is 10.4 Å². The Kier molecular flexibility index (Phi) is 5.08. The van der Waals surface area contributed by atoms with Crippen molar-refractivity contribution in [1.29, 1.82) is 0 Å². The summed E-state index contributed by atoms with van der Waals surface area (Å²) in [7, 11) is 1.89. The van der Waals surface area contributed by atoms with E-state index in [9.17, 15) is 5.11 Å². The third-order valence-electron chi connectivity index (χ3n) is 2.35. The summed E-state index contributed by atoms with van der Waals surface area (Å²) >= 11 is 0. The maximum absolute atomic E-state index is 9.42. The van der Waals surface area contributed by atoms with Crippen LogP contribution in [0.3, 0.4) is 0 Å². The number of anilines is 1. The van der Waals surface area contributed by atoms with Crippen molar-refractivity contribution in [3.05, 3.63) is 48.5 Å². The van der Waals surface area contributed by atoms with Gasteiger partial charge in [-0.1, -0.05) is 44.2 Å². The van der Waals surface area contributed by atoms with Gasteiger partial charge in [0.25, 0.3) is 0 Å².